The number of ether oxygens (including phenoxy) is 1. The molecule has 1 aromatic rings. The van der Waals surface area contributed by atoms with Crippen molar-refractivity contribution < 1.29 is 19.4 Å². The zero-order valence-electron chi connectivity index (χ0n) is 13.0. The normalized spacial score (nSPS) is 13.6. The van der Waals surface area contributed by atoms with Crippen LogP contribution in [0.15, 0.2) is 24.3 Å². The highest BCUT2D eigenvalue weighted by molar-refractivity contribution is 5.95. The minimum Gasteiger partial charge on any atom is -0.494 e. The number of amides is 1. The molecule has 1 rings (SSSR count). The van der Waals surface area contributed by atoms with E-state index in [1.54, 1.807) is 31.2 Å². The molecule has 5 nitrogen and oxygen atoms in total. The van der Waals surface area contributed by atoms with Crippen LogP contribution < -0.4 is 10.1 Å². The second-order valence-electron chi connectivity index (χ2n) is 5.56. The van der Waals surface area contributed by atoms with E-state index in [2.05, 4.69) is 5.32 Å². The van der Waals surface area contributed by atoms with E-state index in [1.807, 2.05) is 20.8 Å². The van der Waals surface area contributed by atoms with Crippen LogP contribution in [0.5, 0.6) is 5.75 Å². The molecule has 0 heterocycles. The van der Waals surface area contributed by atoms with Crippen molar-refractivity contribution in [3.63, 3.8) is 0 Å². The minimum atomic E-state index is -0.936. The summed E-state index contributed by atoms with van der Waals surface area (Å²) in [6.45, 7) is 7.92. The molecule has 0 fully saturated rings. The van der Waals surface area contributed by atoms with Gasteiger partial charge in [0.2, 0.25) is 0 Å². The fourth-order valence-corrected chi connectivity index (χ4v) is 1.93. The van der Waals surface area contributed by atoms with Gasteiger partial charge in [-0.1, -0.05) is 19.9 Å². The number of carbonyl (C=O) groups is 2. The Labute approximate surface area is 125 Å². The predicted molar refractivity (Wildman–Crippen MR) is 80.6 cm³/mol. The summed E-state index contributed by atoms with van der Waals surface area (Å²) in [4.78, 5) is 23.3. The van der Waals surface area contributed by atoms with Gasteiger partial charge in [0, 0.05) is 5.56 Å². The van der Waals surface area contributed by atoms with Crippen LogP contribution in [0.25, 0.3) is 0 Å². The summed E-state index contributed by atoms with van der Waals surface area (Å²) < 4.78 is 5.36. The van der Waals surface area contributed by atoms with Gasteiger partial charge in [0.25, 0.3) is 5.91 Å². The Hall–Kier alpha value is -2.04. The summed E-state index contributed by atoms with van der Waals surface area (Å²) in [5.74, 6) is -0.620. The molecule has 0 saturated heterocycles. The number of carboxylic acid groups (broad SMARTS) is 1. The number of benzene rings is 1. The smallest absolute Gasteiger partial charge is 0.305 e. The maximum Gasteiger partial charge on any atom is 0.305 e. The van der Waals surface area contributed by atoms with Crippen LogP contribution in [0.2, 0.25) is 0 Å². The minimum absolute atomic E-state index is 0.00683. The van der Waals surface area contributed by atoms with Gasteiger partial charge in [-0.05, 0) is 38.0 Å². The first-order valence-corrected chi connectivity index (χ1v) is 7.05. The first kappa shape index (κ1) is 17.0. The maximum absolute atomic E-state index is 12.3. The molecule has 0 radical (unpaired) electrons. The molecule has 0 bridgehead atoms. The average molecular weight is 293 g/mol. The van der Waals surface area contributed by atoms with Crippen LogP contribution in [0, 0.1) is 5.92 Å². The van der Waals surface area contributed by atoms with Crippen LogP contribution in [-0.4, -0.2) is 29.1 Å². The van der Waals surface area contributed by atoms with Crippen LogP contribution >= 0.6 is 0 Å². The highest BCUT2D eigenvalue weighted by Gasteiger charge is 2.33. The molecule has 0 saturated carbocycles. The summed E-state index contributed by atoms with van der Waals surface area (Å²) in [5.41, 5.74) is -0.344. The lowest BCUT2D eigenvalue weighted by atomic mass is 9.85. The van der Waals surface area contributed by atoms with Crippen molar-refractivity contribution in [3.05, 3.63) is 29.8 Å². The number of hydrogen-bond donors (Lipinski definition) is 2. The van der Waals surface area contributed by atoms with Gasteiger partial charge in [0.1, 0.15) is 5.75 Å². The molecule has 21 heavy (non-hydrogen) atoms. The molecule has 2 N–H and O–H groups in total. The van der Waals surface area contributed by atoms with Gasteiger partial charge in [0.05, 0.1) is 18.6 Å². The Morgan fingerprint density at radius 1 is 1.38 bits per heavy atom. The molecule has 1 amide bonds. The van der Waals surface area contributed by atoms with Gasteiger partial charge in [0.15, 0.2) is 0 Å². The molecule has 5 heteroatoms. The van der Waals surface area contributed by atoms with Gasteiger partial charge < -0.3 is 15.2 Å². The third-order valence-electron chi connectivity index (χ3n) is 3.60. The first-order chi connectivity index (χ1) is 9.78. The molecule has 1 unspecified atom stereocenters. The number of carboxylic acids is 1. The number of hydrogen-bond acceptors (Lipinski definition) is 3. The lowest BCUT2D eigenvalue weighted by Gasteiger charge is -2.33. The third-order valence-corrected chi connectivity index (χ3v) is 3.60. The van der Waals surface area contributed by atoms with Gasteiger partial charge >= 0.3 is 5.97 Å². The van der Waals surface area contributed by atoms with E-state index in [-0.39, 0.29) is 18.2 Å². The van der Waals surface area contributed by atoms with Crippen LogP contribution in [0.1, 0.15) is 44.5 Å². The van der Waals surface area contributed by atoms with Crippen molar-refractivity contribution in [1.29, 1.82) is 0 Å². The van der Waals surface area contributed by atoms with Crippen molar-refractivity contribution in [2.75, 3.05) is 6.61 Å². The molecule has 0 aliphatic carbocycles. The summed E-state index contributed by atoms with van der Waals surface area (Å²) in [5, 5.41) is 11.9. The summed E-state index contributed by atoms with van der Waals surface area (Å²) in [7, 11) is 0. The molecule has 0 spiro atoms. The highest BCUT2D eigenvalue weighted by Crippen LogP contribution is 2.22. The standard InChI is InChI=1S/C16H23NO4/c1-5-21-13-8-6-7-12(9-13)15(20)17-16(4,11(2)3)10-14(18)19/h6-9,11H,5,10H2,1-4H3,(H,17,20)(H,18,19). The molecule has 1 atom stereocenters. The monoisotopic (exact) mass is 293 g/mol. The van der Waals surface area contributed by atoms with E-state index >= 15 is 0 Å². The Bertz CT molecular complexity index is 513. The number of aliphatic carboxylic acids is 1. The zero-order valence-corrected chi connectivity index (χ0v) is 13.0. The second kappa shape index (κ2) is 7.11. The van der Waals surface area contributed by atoms with Gasteiger partial charge in [-0.25, -0.2) is 0 Å². The number of rotatable bonds is 7. The summed E-state index contributed by atoms with van der Waals surface area (Å²) in [6.07, 6.45) is -0.123. The van der Waals surface area contributed by atoms with E-state index in [0.29, 0.717) is 17.9 Å². The maximum atomic E-state index is 12.3. The third kappa shape index (κ3) is 4.77. The van der Waals surface area contributed by atoms with Crippen molar-refractivity contribution in [2.45, 2.75) is 39.7 Å². The van der Waals surface area contributed by atoms with E-state index in [9.17, 15) is 9.59 Å². The summed E-state index contributed by atoms with van der Waals surface area (Å²) >= 11 is 0. The predicted octanol–water partition coefficient (Wildman–Crippen LogP) is 2.70. The Morgan fingerprint density at radius 3 is 2.57 bits per heavy atom. The lowest BCUT2D eigenvalue weighted by Crippen LogP contribution is -2.51. The molecule has 1 aromatic carbocycles. The topological polar surface area (TPSA) is 75.6 Å². The lowest BCUT2D eigenvalue weighted by molar-refractivity contribution is -0.138. The SMILES string of the molecule is CCOc1cccc(C(=O)NC(C)(CC(=O)O)C(C)C)c1. The van der Waals surface area contributed by atoms with Crippen molar-refractivity contribution in [2.24, 2.45) is 5.92 Å². The van der Waals surface area contributed by atoms with Crippen molar-refractivity contribution >= 4 is 11.9 Å². The highest BCUT2D eigenvalue weighted by atomic mass is 16.5. The van der Waals surface area contributed by atoms with E-state index in [1.165, 1.54) is 0 Å². The van der Waals surface area contributed by atoms with E-state index < -0.39 is 11.5 Å². The van der Waals surface area contributed by atoms with Crippen LogP contribution in [-0.2, 0) is 4.79 Å². The largest absolute Gasteiger partial charge is 0.494 e. The van der Waals surface area contributed by atoms with Gasteiger partial charge in [-0.15, -0.1) is 0 Å². The van der Waals surface area contributed by atoms with E-state index in [4.69, 9.17) is 9.84 Å². The Balaban J connectivity index is 2.91. The van der Waals surface area contributed by atoms with Gasteiger partial charge in [-0.3, -0.25) is 9.59 Å². The van der Waals surface area contributed by atoms with Gasteiger partial charge in [-0.2, -0.15) is 0 Å². The quantitative estimate of drug-likeness (QED) is 0.810. The second-order valence-corrected chi connectivity index (χ2v) is 5.56. The van der Waals surface area contributed by atoms with Crippen molar-refractivity contribution in [1.82, 2.24) is 5.32 Å². The average Bonchev–Trinajstić information content (AvgIpc) is 2.38. The molecule has 0 aromatic heterocycles. The molecule has 0 aliphatic rings. The summed E-state index contributed by atoms with van der Waals surface area (Å²) in [6, 6.07) is 6.85. The Kier molecular flexibility index (Phi) is 5.76. The fraction of sp³-hybridized carbons (Fsp3) is 0.500. The molecular formula is C16H23NO4. The fourth-order valence-electron chi connectivity index (χ4n) is 1.93. The van der Waals surface area contributed by atoms with E-state index in [0.717, 1.165) is 0 Å². The number of carbonyl (C=O) groups excluding carboxylic acids is 1. The number of nitrogens with one attached hydrogen (secondary N) is 1. The Morgan fingerprint density at radius 2 is 2.05 bits per heavy atom. The van der Waals surface area contributed by atoms with Crippen molar-refractivity contribution in [3.8, 4) is 5.75 Å². The van der Waals surface area contributed by atoms with Crippen LogP contribution in [0.3, 0.4) is 0 Å². The molecule has 0 aliphatic heterocycles. The zero-order chi connectivity index (χ0) is 16.0. The molecular weight excluding hydrogens is 270 g/mol. The van der Waals surface area contributed by atoms with Crippen LogP contribution in [0.4, 0.5) is 0 Å². The first-order valence-electron chi connectivity index (χ1n) is 7.05. The molecule has 116 valence electrons.